The van der Waals surface area contributed by atoms with Crippen molar-refractivity contribution < 1.29 is 4.79 Å². The lowest BCUT2D eigenvalue weighted by Crippen LogP contribution is -2.25. The van der Waals surface area contributed by atoms with E-state index in [0.717, 1.165) is 48.1 Å². The Bertz CT molecular complexity index is 682. The topological polar surface area (TPSA) is 58.5 Å². The molecule has 0 saturated carbocycles. The maximum absolute atomic E-state index is 12.4. The molecule has 2 aromatic rings. The van der Waals surface area contributed by atoms with Gasteiger partial charge in [-0.05, 0) is 43.2 Å². The van der Waals surface area contributed by atoms with E-state index >= 15 is 0 Å². The molecule has 0 bridgehead atoms. The molecule has 1 unspecified atom stereocenters. The Kier molecular flexibility index (Phi) is 5.18. The van der Waals surface area contributed by atoms with Crippen LogP contribution in [-0.2, 0) is 12.8 Å². The van der Waals surface area contributed by atoms with Crippen molar-refractivity contribution >= 4 is 17.2 Å². The lowest BCUT2D eigenvalue weighted by atomic mass is 9.92. The van der Waals surface area contributed by atoms with E-state index in [9.17, 15) is 9.70 Å². The molecule has 0 aliphatic heterocycles. The van der Waals surface area contributed by atoms with Gasteiger partial charge < -0.3 is 5.32 Å². The molecule has 1 aliphatic carbocycles. The molecular weight excluding hydrogens is 308 g/mol. The van der Waals surface area contributed by atoms with Crippen LogP contribution in [-0.4, -0.2) is 12.5 Å². The molecule has 0 fully saturated rings. The molecule has 3 rings (SSSR count). The smallest absolute Gasteiger partial charge is 0.252 e. The van der Waals surface area contributed by atoms with Gasteiger partial charge in [-0.2, -0.15) is 4.91 Å². The van der Waals surface area contributed by atoms with Crippen molar-refractivity contribution in [2.45, 2.75) is 38.1 Å². The van der Waals surface area contributed by atoms with Crippen LogP contribution in [0.4, 0.5) is 0 Å². The number of nitroso groups, excluding NO2 is 1. The summed E-state index contributed by atoms with van der Waals surface area (Å²) >= 11 is 1.49. The van der Waals surface area contributed by atoms with E-state index in [4.69, 9.17) is 0 Å². The summed E-state index contributed by atoms with van der Waals surface area (Å²) in [4.78, 5) is 24.3. The number of amides is 1. The van der Waals surface area contributed by atoms with Crippen molar-refractivity contribution in [2.75, 3.05) is 6.54 Å². The molecule has 23 heavy (non-hydrogen) atoms. The first-order valence-corrected chi connectivity index (χ1v) is 8.92. The molecule has 1 amide bonds. The zero-order chi connectivity index (χ0) is 16.1. The lowest BCUT2D eigenvalue weighted by molar-refractivity contribution is 0.0952. The predicted molar refractivity (Wildman–Crippen MR) is 92.9 cm³/mol. The van der Waals surface area contributed by atoms with Gasteiger partial charge in [-0.15, -0.1) is 11.3 Å². The van der Waals surface area contributed by atoms with Crippen LogP contribution < -0.4 is 5.32 Å². The Morgan fingerprint density at radius 2 is 2.13 bits per heavy atom. The van der Waals surface area contributed by atoms with Gasteiger partial charge in [0, 0.05) is 16.8 Å². The highest BCUT2D eigenvalue weighted by atomic mass is 32.1. The zero-order valence-electron chi connectivity index (χ0n) is 13.0. The van der Waals surface area contributed by atoms with Gasteiger partial charge in [0.05, 0.1) is 5.56 Å². The van der Waals surface area contributed by atoms with Crippen LogP contribution in [0.25, 0.3) is 0 Å². The number of nitrogens with one attached hydrogen (secondary N) is 1. The molecule has 5 heteroatoms. The quantitative estimate of drug-likeness (QED) is 0.636. The van der Waals surface area contributed by atoms with E-state index in [2.05, 4.69) is 22.6 Å². The van der Waals surface area contributed by atoms with E-state index in [-0.39, 0.29) is 11.9 Å². The fraction of sp³-hybridized carbons (Fsp3) is 0.389. The first kappa shape index (κ1) is 15.9. The summed E-state index contributed by atoms with van der Waals surface area (Å²) in [5.74, 6) is -0.0258. The summed E-state index contributed by atoms with van der Waals surface area (Å²) in [5.41, 5.74) is 3.05. The first-order chi connectivity index (χ1) is 11.3. The van der Waals surface area contributed by atoms with Gasteiger partial charge in [-0.1, -0.05) is 35.5 Å². The van der Waals surface area contributed by atoms with Gasteiger partial charge in [0.15, 0.2) is 0 Å². The highest BCUT2D eigenvalue weighted by molar-refractivity contribution is 7.10. The van der Waals surface area contributed by atoms with E-state index < -0.39 is 0 Å². The molecule has 1 aromatic carbocycles. The number of nitrogens with zero attached hydrogens (tertiary/aromatic N) is 1. The van der Waals surface area contributed by atoms with Crippen molar-refractivity contribution in [1.29, 1.82) is 0 Å². The summed E-state index contributed by atoms with van der Waals surface area (Å²) < 4.78 is 0. The zero-order valence-corrected chi connectivity index (χ0v) is 13.8. The number of rotatable bonds is 6. The average Bonchev–Trinajstić information content (AvgIpc) is 3.03. The second-order valence-corrected chi connectivity index (χ2v) is 6.76. The summed E-state index contributed by atoms with van der Waals surface area (Å²) in [7, 11) is 0. The van der Waals surface area contributed by atoms with Crippen molar-refractivity contribution in [3.63, 3.8) is 0 Å². The highest BCUT2D eigenvalue weighted by Crippen LogP contribution is 2.38. The molecule has 1 N–H and O–H groups in total. The molecule has 0 radical (unpaired) electrons. The van der Waals surface area contributed by atoms with Crippen LogP contribution in [0.2, 0.25) is 0 Å². The molecule has 4 nitrogen and oxygen atoms in total. The van der Waals surface area contributed by atoms with E-state index in [0.29, 0.717) is 6.54 Å². The maximum atomic E-state index is 12.4. The second kappa shape index (κ2) is 7.51. The molecule has 1 heterocycles. The second-order valence-electron chi connectivity index (χ2n) is 5.85. The molecule has 1 aliphatic rings. The fourth-order valence-electron chi connectivity index (χ4n) is 3.06. The van der Waals surface area contributed by atoms with Crippen molar-refractivity contribution in [2.24, 2.45) is 5.18 Å². The molecule has 1 atom stereocenters. The summed E-state index contributed by atoms with van der Waals surface area (Å²) in [5, 5.41) is 8.07. The van der Waals surface area contributed by atoms with Gasteiger partial charge in [0.2, 0.25) is 0 Å². The molecule has 0 saturated heterocycles. The van der Waals surface area contributed by atoms with Gasteiger partial charge >= 0.3 is 0 Å². The molecule has 0 spiro atoms. The first-order valence-electron chi connectivity index (χ1n) is 8.04. The largest absolute Gasteiger partial charge is 0.352 e. The Hall–Kier alpha value is -2.01. The number of benzene rings is 1. The number of hydrogen-bond acceptors (Lipinski definition) is 4. The average molecular weight is 328 g/mol. The van der Waals surface area contributed by atoms with E-state index in [1.807, 2.05) is 23.6 Å². The lowest BCUT2D eigenvalue weighted by Gasteiger charge is -2.17. The van der Waals surface area contributed by atoms with Crippen LogP contribution in [0, 0.1) is 4.91 Å². The van der Waals surface area contributed by atoms with Gasteiger partial charge in [0.1, 0.15) is 6.04 Å². The highest BCUT2D eigenvalue weighted by Gasteiger charge is 2.27. The molecule has 1 aromatic heterocycles. The Labute approximate surface area is 139 Å². The predicted octanol–water partition coefficient (Wildman–Crippen LogP) is 4.25. The van der Waals surface area contributed by atoms with Crippen LogP contribution in [0.15, 0.2) is 40.9 Å². The minimum atomic E-state index is -0.261. The number of thiophene rings is 1. The maximum Gasteiger partial charge on any atom is 0.252 e. The van der Waals surface area contributed by atoms with E-state index in [1.165, 1.54) is 16.9 Å². The normalized spacial score (nSPS) is 16.6. The van der Waals surface area contributed by atoms with Crippen molar-refractivity contribution in [3.8, 4) is 0 Å². The third-order valence-electron chi connectivity index (χ3n) is 4.28. The number of carbonyl (C=O) groups is 1. The van der Waals surface area contributed by atoms with Crippen LogP contribution in [0.3, 0.4) is 0 Å². The Morgan fingerprint density at radius 1 is 1.30 bits per heavy atom. The minimum absolute atomic E-state index is 0.0258. The third kappa shape index (κ3) is 3.67. The van der Waals surface area contributed by atoms with E-state index in [1.54, 1.807) is 0 Å². The minimum Gasteiger partial charge on any atom is -0.352 e. The fourth-order valence-corrected chi connectivity index (χ4v) is 4.23. The van der Waals surface area contributed by atoms with Gasteiger partial charge in [-0.25, -0.2) is 0 Å². The number of fused-ring (bicyclic) bond motifs is 1. The number of hydrogen-bond donors (Lipinski definition) is 1. The monoisotopic (exact) mass is 328 g/mol. The van der Waals surface area contributed by atoms with Crippen LogP contribution in [0.5, 0.6) is 0 Å². The Morgan fingerprint density at radius 3 is 2.91 bits per heavy atom. The summed E-state index contributed by atoms with van der Waals surface area (Å²) in [6.07, 6.45) is 4.47. The van der Waals surface area contributed by atoms with Gasteiger partial charge in [-0.3, -0.25) is 4.79 Å². The third-order valence-corrected chi connectivity index (χ3v) is 5.40. The van der Waals surface area contributed by atoms with Gasteiger partial charge in [0.25, 0.3) is 5.91 Å². The van der Waals surface area contributed by atoms with Crippen LogP contribution in [0.1, 0.15) is 51.7 Å². The summed E-state index contributed by atoms with van der Waals surface area (Å²) in [6.45, 7) is 0.660. The summed E-state index contributed by atoms with van der Waals surface area (Å²) in [6, 6.07) is 10.0. The molecular formula is C18H20N2O2S. The Balaban J connectivity index is 1.55. The van der Waals surface area contributed by atoms with Crippen molar-refractivity contribution in [1.82, 2.24) is 5.32 Å². The number of carbonyl (C=O) groups excluding carboxylic acids is 1. The van der Waals surface area contributed by atoms with Crippen LogP contribution >= 0.6 is 11.3 Å². The van der Waals surface area contributed by atoms with Crippen molar-refractivity contribution in [3.05, 3.63) is 62.2 Å². The number of aryl methyl sites for hydroxylation is 1. The SMILES string of the molecule is O=NC1CCCc2c(C(=O)NCCCc3ccccc3)csc21. The molecule has 120 valence electrons. The standard InChI is InChI=1S/C18H20N2O2S/c21-18(19-11-5-8-13-6-2-1-3-7-13)15-12-23-17-14(15)9-4-10-16(17)20-22/h1-3,6-7,12,16H,4-5,8-11H2,(H,19,21).